The third-order valence-corrected chi connectivity index (χ3v) is 9.23. The Balaban J connectivity index is 1.34. The Morgan fingerprint density at radius 1 is 1.16 bits per heavy atom. The molecule has 0 saturated heterocycles. The molecule has 1 N–H and O–H groups in total. The van der Waals surface area contributed by atoms with Gasteiger partial charge in [0, 0.05) is 35.6 Å². The maximum atomic E-state index is 14.0. The SMILES string of the molecule is CC[C@H](C)N(CCCNC(=O)[C@H]1c2ccccc2C(=O)N(C2CCCC2)[C@@H]1c1cccs1)Cc1ccco1. The van der Waals surface area contributed by atoms with Crippen LogP contribution in [0.3, 0.4) is 0 Å². The highest BCUT2D eigenvalue weighted by molar-refractivity contribution is 7.10. The number of hydrogen-bond acceptors (Lipinski definition) is 5. The van der Waals surface area contributed by atoms with Crippen LogP contribution in [0.2, 0.25) is 0 Å². The Morgan fingerprint density at radius 2 is 1.97 bits per heavy atom. The molecule has 1 fully saturated rings. The minimum absolute atomic E-state index is 0.00692. The van der Waals surface area contributed by atoms with E-state index in [-0.39, 0.29) is 23.9 Å². The summed E-state index contributed by atoms with van der Waals surface area (Å²) in [5, 5.41) is 5.31. The summed E-state index contributed by atoms with van der Waals surface area (Å²) in [4.78, 5) is 33.3. The molecule has 2 aromatic heterocycles. The van der Waals surface area contributed by atoms with Crippen LogP contribution < -0.4 is 5.32 Å². The minimum Gasteiger partial charge on any atom is -0.468 e. The van der Waals surface area contributed by atoms with E-state index in [1.807, 2.05) is 47.8 Å². The number of rotatable bonds is 11. The van der Waals surface area contributed by atoms with Crippen molar-refractivity contribution in [3.63, 3.8) is 0 Å². The Kier molecular flexibility index (Phi) is 8.65. The molecule has 2 aliphatic rings. The van der Waals surface area contributed by atoms with Gasteiger partial charge in [-0.2, -0.15) is 0 Å². The van der Waals surface area contributed by atoms with E-state index in [9.17, 15) is 9.59 Å². The predicted octanol–water partition coefficient (Wildman–Crippen LogP) is 6.37. The molecule has 38 heavy (non-hydrogen) atoms. The molecule has 6 nitrogen and oxygen atoms in total. The van der Waals surface area contributed by atoms with Crippen molar-refractivity contribution in [2.45, 2.75) is 83.0 Å². The van der Waals surface area contributed by atoms with Crippen molar-refractivity contribution in [1.82, 2.24) is 15.1 Å². The van der Waals surface area contributed by atoms with Crippen molar-refractivity contribution in [2.75, 3.05) is 13.1 Å². The fourth-order valence-electron chi connectivity index (χ4n) is 6.10. The van der Waals surface area contributed by atoms with Crippen molar-refractivity contribution >= 4 is 23.2 Å². The fraction of sp³-hybridized carbons (Fsp3) is 0.484. The van der Waals surface area contributed by atoms with Crippen molar-refractivity contribution in [3.8, 4) is 0 Å². The van der Waals surface area contributed by atoms with Crippen LogP contribution in [-0.2, 0) is 11.3 Å². The number of nitrogens with one attached hydrogen (secondary N) is 1. The second-order valence-corrected chi connectivity index (χ2v) is 11.6. The second kappa shape index (κ2) is 12.3. The molecule has 1 saturated carbocycles. The van der Waals surface area contributed by atoms with Gasteiger partial charge in [-0.1, -0.05) is 44.0 Å². The highest BCUT2D eigenvalue weighted by atomic mass is 32.1. The molecule has 5 rings (SSSR count). The molecule has 3 aromatic rings. The molecule has 7 heteroatoms. The van der Waals surface area contributed by atoms with Crippen molar-refractivity contribution in [2.24, 2.45) is 0 Å². The Labute approximate surface area is 230 Å². The highest BCUT2D eigenvalue weighted by Gasteiger charge is 2.47. The normalized spacial score (nSPS) is 20.6. The van der Waals surface area contributed by atoms with E-state index in [0.29, 0.717) is 18.2 Å². The summed E-state index contributed by atoms with van der Waals surface area (Å²) in [5.41, 5.74) is 1.52. The number of thiophene rings is 1. The number of furan rings is 1. The van der Waals surface area contributed by atoms with E-state index in [1.54, 1.807) is 17.6 Å². The molecule has 1 aromatic carbocycles. The lowest BCUT2D eigenvalue weighted by molar-refractivity contribution is -0.124. The molecular formula is C31H39N3O3S. The summed E-state index contributed by atoms with van der Waals surface area (Å²) in [6.45, 7) is 6.67. The van der Waals surface area contributed by atoms with Gasteiger partial charge in [0.15, 0.2) is 0 Å². The van der Waals surface area contributed by atoms with Crippen LogP contribution in [0, 0.1) is 0 Å². The van der Waals surface area contributed by atoms with Crippen molar-refractivity contribution in [1.29, 1.82) is 0 Å². The zero-order chi connectivity index (χ0) is 26.5. The monoisotopic (exact) mass is 533 g/mol. The zero-order valence-corrected chi connectivity index (χ0v) is 23.3. The van der Waals surface area contributed by atoms with Crippen molar-refractivity contribution in [3.05, 3.63) is 81.9 Å². The van der Waals surface area contributed by atoms with Gasteiger partial charge in [0.05, 0.1) is 24.8 Å². The smallest absolute Gasteiger partial charge is 0.254 e. The van der Waals surface area contributed by atoms with E-state index in [0.717, 1.165) is 67.8 Å². The Morgan fingerprint density at radius 3 is 2.68 bits per heavy atom. The number of carbonyl (C=O) groups excluding carboxylic acids is 2. The number of carbonyl (C=O) groups is 2. The third-order valence-electron chi connectivity index (χ3n) is 8.29. The molecule has 1 aliphatic carbocycles. The lowest BCUT2D eigenvalue weighted by Crippen LogP contribution is -2.50. The van der Waals surface area contributed by atoms with Gasteiger partial charge >= 0.3 is 0 Å². The molecule has 1 aliphatic heterocycles. The fourth-order valence-corrected chi connectivity index (χ4v) is 6.96. The van der Waals surface area contributed by atoms with Gasteiger partial charge in [-0.15, -0.1) is 11.3 Å². The average Bonchev–Trinajstić information content (AvgIpc) is 3.74. The summed E-state index contributed by atoms with van der Waals surface area (Å²) in [6.07, 6.45) is 7.90. The molecular weight excluding hydrogens is 494 g/mol. The summed E-state index contributed by atoms with van der Waals surface area (Å²) in [6, 6.07) is 16.1. The molecule has 0 unspecified atom stereocenters. The highest BCUT2D eigenvalue weighted by Crippen LogP contribution is 2.47. The molecule has 3 heterocycles. The van der Waals surface area contributed by atoms with Gasteiger partial charge in [0.1, 0.15) is 5.76 Å². The quantitative estimate of drug-likeness (QED) is 0.291. The zero-order valence-electron chi connectivity index (χ0n) is 22.5. The van der Waals surface area contributed by atoms with Gasteiger partial charge in [0.25, 0.3) is 5.91 Å². The van der Waals surface area contributed by atoms with Gasteiger partial charge in [-0.05, 0) is 67.8 Å². The summed E-state index contributed by atoms with van der Waals surface area (Å²) >= 11 is 1.64. The van der Waals surface area contributed by atoms with Crippen LogP contribution in [0.5, 0.6) is 0 Å². The maximum Gasteiger partial charge on any atom is 0.254 e. The lowest BCUT2D eigenvalue weighted by Gasteiger charge is -2.44. The average molecular weight is 534 g/mol. The van der Waals surface area contributed by atoms with E-state index >= 15 is 0 Å². The van der Waals surface area contributed by atoms with Crippen LogP contribution in [0.25, 0.3) is 0 Å². The Bertz CT molecular complexity index is 1190. The standard InChI is InChI=1S/C31H39N3O3S/c1-3-22(2)33(21-24-13-8-19-37-24)18-10-17-32-30(35)28-25-14-6-7-15-26(25)31(36)34(23-11-4-5-12-23)29(28)27-16-9-20-38-27/h6-9,13-16,19-20,22-23,28-29H,3-5,10-12,17-18,21H2,1-2H3,(H,32,35)/t22-,28-,29+/m0/s1. The topological polar surface area (TPSA) is 65.8 Å². The first-order valence-corrected chi connectivity index (χ1v) is 15.0. The largest absolute Gasteiger partial charge is 0.468 e. The molecule has 0 radical (unpaired) electrons. The van der Waals surface area contributed by atoms with E-state index in [2.05, 4.69) is 35.0 Å². The lowest BCUT2D eigenvalue weighted by atomic mass is 9.80. The number of amides is 2. The summed E-state index contributed by atoms with van der Waals surface area (Å²) < 4.78 is 5.58. The van der Waals surface area contributed by atoms with E-state index in [4.69, 9.17) is 4.42 Å². The first-order chi connectivity index (χ1) is 18.6. The second-order valence-electron chi connectivity index (χ2n) is 10.6. The minimum atomic E-state index is -0.420. The first kappa shape index (κ1) is 26.7. The van der Waals surface area contributed by atoms with Crippen molar-refractivity contribution < 1.29 is 14.0 Å². The predicted molar refractivity (Wildman–Crippen MR) is 151 cm³/mol. The van der Waals surface area contributed by atoms with Gasteiger partial charge in [-0.25, -0.2) is 0 Å². The van der Waals surface area contributed by atoms with Gasteiger partial charge in [-0.3, -0.25) is 14.5 Å². The number of benzene rings is 1. The number of hydrogen-bond donors (Lipinski definition) is 1. The van der Waals surface area contributed by atoms with E-state index < -0.39 is 5.92 Å². The molecule has 202 valence electrons. The van der Waals surface area contributed by atoms with Crippen LogP contribution in [-0.4, -0.2) is 46.8 Å². The number of nitrogens with zero attached hydrogens (tertiary/aromatic N) is 2. The number of fused-ring (bicyclic) bond motifs is 1. The van der Waals surface area contributed by atoms with Crippen LogP contribution in [0.1, 0.15) is 90.9 Å². The van der Waals surface area contributed by atoms with Crippen LogP contribution in [0.15, 0.2) is 64.6 Å². The summed E-state index contributed by atoms with van der Waals surface area (Å²) in [5.74, 6) is 0.616. The van der Waals surface area contributed by atoms with Crippen LogP contribution in [0.4, 0.5) is 0 Å². The van der Waals surface area contributed by atoms with Gasteiger partial charge < -0.3 is 14.6 Å². The van der Waals surface area contributed by atoms with Crippen LogP contribution >= 0.6 is 11.3 Å². The Hall–Kier alpha value is -2.90. The van der Waals surface area contributed by atoms with E-state index in [1.165, 1.54) is 0 Å². The third kappa shape index (κ3) is 5.59. The molecule has 3 atom stereocenters. The molecule has 0 bridgehead atoms. The molecule has 0 spiro atoms. The van der Waals surface area contributed by atoms with Gasteiger partial charge in [0.2, 0.25) is 5.91 Å². The maximum absolute atomic E-state index is 14.0. The molecule has 2 amide bonds. The first-order valence-electron chi connectivity index (χ1n) is 14.1. The summed E-state index contributed by atoms with van der Waals surface area (Å²) in [7, 11) is 0.